The molecule has 0 fully saturated rings. The van der Waals surface area contributed by atoms with Gasteiger partial charge in [0.15, 0.2) is 33.2 Å². The molecule has 0 aliphatic carbocycles. The van der Waals surface area contributed by atoms with E-state index in [4.69, 9.17) is 36.6 Å². The summed E-state index contributed by atoms with van der Waals surface area (Å²) in [5.41, 5.74) is 1.34. The third-order valence-electron chi connectivity index (χ3n) is 6.06. The highest BCUT2D eigenvalue weighted by Gasteiger charge is 2.23. The Labute approximate surface area is 214 Å². The molecule has 4 aromatic heterocycles. The van der Waals surface area contributed by atoms with E-state index in [1.54, 1.807) is 26.0 Å². The van der Waals surface area contributed by atoms with Gasteiger partial charge in [-0.05, 0) is 26.0 Å². The van der Waals surface area contributed by atoms with Gasteiger partial charge in [-0.2, -0.15) is 0 Å². The minimum absolute atomic E-state index is 0.169. The lowest BCUT2D eigenvalue weighted by Gasteiger charge is -2.10. The predicted molar refractivity (Wildman–Crippen MR) is 140 cm³/mol. The van der Waals surface area contributed by atoms with Crippen molar-refractivity contribution in [2.24, 2.45) is 0 Å². The van der Waals surface area contributed by atoms with E-state index in [9.17, 15) is 9.59 Å². The van der Waals surface area contributed by atoms with Crippen LogP contribution in [0.25, 0.3) is 43.9 Å². The van der Waals surface area contributed by atoms with Crippen molar-refractivity contribution in [2.45, 2.75) is 13.8 Å². The number of rotatable bonds is 4. The number of hydrogen-bond donors (Lipinski definition) is 0. The number of hydrogen-bond acceptors (Lipinski definition) is 10. The van der Waals surface area contributed by atoms with Gasteiger partial charge in [0.25, 0.3) is 0 Å². The van der Waals surface area contributed by atoms with Crippen molar-refractivity contribution in [3.05, 3.63) is 68.8 Å². The van der Waals surface area contributed by atoms with E-state index in [1.807, 2.05) is 0 Å². The Balaban J connectivity index is 0.000000155. The third-order valence-corrected chi connectivity index (χ3v) is 6.06. The minimum atomic E-state index is -0.169. The first kappa shape index (κ1) is 24.8. The fourth-order valence-corrected chi connectivity index (χ4v) is 4.57. The Bertz CT molecular complexity index is 1790. The number of ether oxygens (including phenoxy) is 4. The SMILES string of the molecule is COc1c2occc2c(OC)c2c(=O)cc(C)oc12.COc1c2occc2c(OC)c2c(=O)cc(C)oc12. The second kappa shape index (κ2) is 9.55. The zero-order valence-corrected chi connectivity index (χ0v) is 21.5. The first-order valence-corrected chi connectivity index (χ1v) is 11.5. The Morgan fingerprint density at radius 1 is 0.553 bits per heavy atom. The largest absolute Gasteiger partial charge is 0.495 e. The molecule has 0 aliphatic heterocycles. The summed E-state index contributed by atoms with van der Waals surface area (Å²) in [7, 11) is 6.02. The zero-order valence-electron chi connectivity index (χ0n) is 21.5. The third kappa shape index (κ3) is 3.73. The van der Waals surface area contributed by atoms with Crippen molar-refractivity contribution >= 4 is 43.9 Å². The summed E-state index contributed by atoms with van der Waals surface area (Å²) in [6.45, 7) is 3.41. The Hall–Kier alpha value is -4.86. The van der Waals surface area contributed by atoms with Gasteiger partial charge in [0, 0.05) is 12.1 Å². The molecule has 0 atom stereocenters. The van der Waals surface area contributed by atoms with Crippen molar-refractivity contribution < 1.29 is 36.6 Å². The number of furan rings is 2. The molecule has 0 N–H and O–H groups in total. The van der Waals surface area contributed by atoms with Crippen molar-refractivity contribution in [3.63, 3.8) is 0 Å². The van der Waals surface area contributed by atoms with Crippen molar-refractivity contribution in [1.29, 1.82) is 0 Å². The van der Waals surface area contributed by atoms with E-state index in [1.165, 1.54) is 53.1 Å². The number of aryl methyl sites for hydroxylation is 2. The monoisotopic (exact) mass is 520 g/mol. The van der Waals surface area contributed by atoms with Gasteiger partial charge in [0.2, 0.25) is 11.5 Å². The maximum absolute atomic E-state index is 12.2. The lowest BCUT2D eigenvalue weighted by molar-refractivity contribution is 0.398. The topological polar surface area (TPSA) is 124 Å². The number of benzene rings is 2. The molecule has 0 spiro atoms. The van der Waals surface area contributed by atoms with Crippen LogP contribution in [0.15, 0.2) is 64.0 Å². The lowest BCUT2D eigenvalue weighted by atomic mass is 10.1. The fourth-order valence-electron chi connectivity index (χ4n) is 4.57. The van der Waals surface area contributed by atoms with E-state index in [2.05, 4.69) is 0 Å². The molecule has 6 aromatic rings. The molecular weight excluding hydrogens is 496 g/mol. The molecule has 196 valence electrons. The molecule has 0 bridgehead atoms. The summed E-state index contributed by atoms with van der Waals surface area (Å²) in [4.78, 5) is 24.4. The smallest absolute Gasteiger partial charge is 0.206 e. The quantitative estimate of drug-likeness (QED) is 0.285. The summed E-state index contributed by atoms with van der Waals surface area (Å²) in [5.74, 6) is 2.68. The lowest BCUT2D eigenvalue weighted by Crippen LogP contribution is -2.04. The highest BCUT2D eigenvalue weighted by atomic mass is 16.5. The summed E-state index contributed by atoms with van der Waals surface area (Å²) < 4.78 is 43.4. The molecule has 38 heavy (non-hydrogen) atoms. The van der Waals surface area contributed by atoms with Crippen molar-refractivity contribution in [2.75, 3.05) is 28.4 Å². The van der Waals surface area contributed by atoms with Crippen LogP contribution in [0.1, 0.15) is 11.5 Å². The van der Waals surface area contributed by atoms with Crippen LogP contribution in [-0.2, 0) is 0 Å². The van der Waals surface area contributed by atoms with Gasteiger partial charge in [0.1, 0.15) is 33.8 Å². The summed E-state index contributed by atoms with van der Waals surface area (Å²) in [6.07, 6.45) is 3.04. The van der Waals surface area contributed by atoms with Crippen molar-refractivity contribution in [3.8, 4) is 23.0 Å². The van der Waals surface area contributed by atoms with Crippen LogP contribution in [0, 0.1) is 13.8 Å². The van der Waals surface area contributed by atoms with Crippen molar-refractivity contribution in [1.82, 2.24) is 0 Å². The molecule has 0 radical (unpaired) electrons. The van der Waals surface area contributed by atoms with E-state index in [0.717, 1.165) is 0 Å². The van der Waals surface area contributed by atoms with Crippen LogP contribution < -0.4 is 29.8 Å². The molecule has 4 heterocycles. The van der Waals surface area contributed by atoms with E-state index in [0.29, 0.717) is 78.4 Å². The molecule has 0 unspecified atom stereocenters. The first-order chi connectivity index (χ1) is 18.3. The fraction of sp³-hybridized carbons (Fsp3) is 0.214. The van der Waals surface area contributed by atoms with Gasteiger partial charge in [-0.3, -0.25) is 9.59 Å². The maximum Gasteiger partial charge on any atom is 0.206 e. The molecule has 0 saturated carbocycles. The van der Waals surface area contributed by atoms with Gasteiger partial charge in [-0.1, -0.05) is 0 Å². The maximum atomic E-state index is 12.2. The predicted octanol–water partition coefficient (Wildman–Crippen LogP) is 5.73. The van der Waals surface area contributed by atoms with Crippen LogP contribution in [0.2, 0.25) is 0 Å². The van der Waals surface area contributed by atoms with Crippen LogP contribution in [0.3, 0.4) is 0 Å². The number of fused-ring (bicyclic) bond motifs is 4. The van der Waals surface area contributed by atoms with Crippen LogP contribution >= 0.6 is 0 Å². The molecule has 10 heteroatoms. The van der Waals surface area contributed by atoms with E-state index in [-0.39, 0.29) is 10.9 Å². The van der Waals surface area contributed by atoms with Crippen LogP contribution in [0.5, 0.6) is 23.0 Å². The van der Waals surface area contributed by atoms with Gasteiger partial charge in [-0.25, -0.2) is 0 Å². The van der Waals surface area contributed by atoms with E-state index < -0.39 is 0 Å². The Morgan fingerprint density at radius 2 is 0.921 bits per heavy atom. The van der Waals surface area contributed by atoms with E-state index >= 15 is 0 Å². The molecule has 6 rings (SSSR count). The molecule has 2 aromatic carbocycles. The molecular formula is C28H24O10. The highest BCUT2D eigenvalue weighted by molar-refractivity contribution is 6.07. The average Bonchev–Trinajstić information content (AvgIpc) is 3.56. The van der Waals surface area contributed by atoms with Gasteiger partial charge < -0.3 is 36.6 Å². The highest BCUT2D eigenvalue weighted by Crippen LogP contribution is 2.43. The molecule has 0 saturated heterocycles. The Kier molecular flexibility index (Phi) is 6.23. The normalized spacial score (nSPS) is 11.1. The first-order valence-electron chi connectivity index (χ1n) is 11.5. The molecule has 0 aliphatic rings. The Morgan fingerprint density at radius 3 is 1.26 bits per heavy atom. The second-order valence-electron chi connectivity index (χ2n) is 8.31. The second-order valence-corrected chi connectivity index (χ2v) is 8.31. The van der Waals surface area contributed by atoms with Crippen LogP contribution in [-0.4, -0.2) is 28.4 Å². The summed E-state index contributed by atoms with van der Waals surface area (Å²) >= 11 is 0. The van der Waals surface area contributed by atoms with Crippen LogP contribution in [0.4, 0.5) is 0 Å². The van der Waals surface area contributed by atoms with Gasteiger partial charge in [-0.15, -0.1) is 0 Å². The average molecular weight is 520 g/mol. The van der Waals surface area contributed by atoms with Gasteiger partial charge in [0.05, 0.1) is 51.7 Å². The molecule has 10 nitrogen and oxygen atoms in total. The molecule has 0 amide bonds. The summed E-state index contributed by atoms with van der Waals surface area (Å²) in [6, 6.07) is 6.32. The zero-order chi connectivity index (χ0) is 27.1. The summed E-state index contributed by atoms with van der Waals surface area (Å²) in [5, 5.41) is 2.09. The minimum Gasteiger partial charge on any atom is -0.495 e. The number of methoxy groups -OCH3 is 4. The standard InChI is InChI=1S/2C14H12O5/c2*1-7-6-9(15)10-11(16-2)8-4-5-18-12(8)14(17-3)13(10)19-7/h2*4-6H,1-3H3. The van der Waals surface area contributed by atoms with Gasteiger partial charge >= 0.3 is 0 Å².